The number of sulfone groups is 1. The minimum Gasteiger partial charge on any atom is -0.348 e. The molecule has 0 bridgehead atoms. The van der Waals surface area contributed by atoms with E-state index in [-0.39, 0.29) is 52.5 Å². The second-order valence-electron chi connectivity index (χ2n) is 9.00. The molecule has 0 spiro atoms. The molecule has 11 nitrogen and oxygen atoms in total. The number of hydrogen-bond donors (Lipinski definition) is 2. The Kier molecular flexibility index (Phi) is 6.34. The number of benzene rings is 1. The summed E-state index contributed by atoms with van der Waals surface area (Å²) < 4.78 is 30.2. The minimum atomic E-state index is -3.84. The highest BCUT2D eigenvalue weighted by Crippen LogP contribution is 2.27. The molecule has 12 heteroatoms. The molecule has 3 aromatic heterocycles. The number of aromatic nitrogens is 4. The average molecular weight is 520 g/mol. The molecule has 5 rings (SSSR count). The first kappa shape index (κ1) is 24.4. The van der Waals surface area contributed by atoms with Crippen LogP contribution in [-0.2, 0) is 34.0 Å². The van der Waals surface area contributed by atoms with E-state index in [1.54, 1.807) is 32.4 Å². The van der Waals surface area contributed by atoms with Gasteiger partial charge in [0.25, 0.3) is 5.91 Å². The average Bonchev–Trinajstić information content (AvgIpc) is 3.49. The van der Waals surface area contributed by atoms with E-state index < -0.39 is 9.84 Å². The maximum Gasteiger partial charge on any atom is 0.251 e. The molecule has 4 heterocycles. The van der Waals surface area contributed by atoms with Crippen molar-refractivity contribution in [3.63, 3.8) is 0 Å². The summed E-state index contributed by atoms with van der Waals surface area (Å²) >= 11 is 0. The number of nitrogens with zero attached hydrogens (tertiary/aromatic N) is 5. The molecule has 1 atom stereocenters. The van der Waals surface area contributed by atoms with Crippen molar-refractivity contribution in [2.45, 2.75) is 30.5 Å². The number of carbonyl (C=O) groups excluding carboxylic acids is 2. The zero-order chi connectivity index (χ0) is 26.2. The Morgan fingerprint density at radius 3 is 2.76 bits per heavy atom. The third-order valence-corrected chi connectivity index (χ3v) is 7.84. The normalized spacial score (nSPS) is 15.9. The van der Waals surface area contributed by atoms with Crippen molar-refractivity contribution in [2.24, 2.45) is 18.1 Å². The van der Waals surface area contributed by atoms with Crippen LogP contribution in [0.25, 0.3) is 5.65 Å². The number of amides is 2. The Bertz CT molecular complexity index is 1650. The topological polar surface area (TPSA) is 140 Å². The number of imidazole rings is 1. The second-order valence-corrected chi connectivity index (χ2v) is 11.0. The lowest BCUT2D eigenvalue weighted by Gasteiger charge is -2.21. The maximum absolute atomic E-state index is 13.4. The maximum atomic E-state index is 13.4. The van der Waals surface area contributed by atoms with E-state index in [0.717, 1.165) is 11.2 Å². The Hall–Kier alpha value is -4.32. The molecule has 0 radical (unpaired) electrons. The standard InChI is InChI=1S/C25H25N7O4S/c1-16-11-23(33)28-29-24(16)20-13-18(3-4-21(20)37(35,36)15-19-6-8-31(2)30-19)25(34)27-14-17-5-9-32-10-7-26-22(32)12-17/h3-10,12-13,16H,11,14-15H2,1-2H3,(H,27,34)(H,28,33). The molecule has 0 fully saturated rings. The van der Waals surface area contributed by atoms with Crippen molar-refractivity contribution in [3.8, 4) is 0 Å². The zero-order valence-corrected chi connectivity index (χ0v) is 21.1. The van der Waals surface area contributed by atoms with Gasteiger partial charge in [-0.15, -0.1) is 0 Å². The van der Waals surface area contributed by atoms with Gasteiger partial charge in [-0.1, -0.05) is 6.92 Å². The number of pyridine rings is 1. The number of rotatable bonds is 7. The van der Waals surface area contributed by atoms with Crippen LogP contribution in [0.5, 0.6) is 0 Å². The van der Waals surface area contributed by atoms with Gasteiger partial charge >= 0.3 is 0 Å². The van der Waals surface area contributed by atoms with Crippen LogP contribution in [-0.4, -0.2) is 45.1 Å². The molecule has 1 unspecified atom stereocenters. The van der Waals surface area contributed by atoms with Gasteiger partial charge in [0.2, 0.25) is 5.91 Å². The van der Waals surface area contributed by atoms with Crippen LogP contribution in [0.1, 0.15) is 40.5 Å². The van der Waals surface area contributed by atoms with E-state index in [2.05, 4.69) is 25.9 Å². The zero-order valence-electron chi connectivity index (χ0n) is 20.2. The fraction of sp³-hybridized carbons (Fsp3) is 0.240. The van der Waals surface area contributed by atoms with Gasteiger partial charge in [-0.25, -0.2) is 18.8 Å². The molecule has 0 aliphatic carbocycles. The SMILES string of the molecule is CC1CC(=O)NN=C1c1cc(C(=O)NCc2ccn3ccnc3c2)ccc1S(=O)(=O)Cc1ccn(C)n1. The molecule has 0 saturated heterocycles. The fourth-order valence-corrected chi connectivity index (χ4v) is 5.75. The van der Waals surface area contributed by atoms with Gasteiger partial charge in [-0.2, -0.15) is 10.2 Å². The van der Waals surface area contributed by atoms with Gasteiger partial charge in [-0.3, -0.25) is 14.3 Å². The van der Waals surface area contributed by atoms with Gasteiger partial charge in [0.1, 0.15) is 5.65 Å². The molecule has 0 saturated carbocycles. The van der Waals surface area contributed by atoms with Gasteiger partial charge in [0.05, 0.1) is 22.1 Å². The summed E-state index contributed by atoms with van der Waals surface area (Å²) in [6.07, 6.45) is 7.22. The first-order valence-corrected chi connectivity index (χ1v) is 13.3. The highest BCUT2D eigenvalue weighted by atomic mass is 32.2. The summed E-state index contributed by atoms with van der Waals surface area (Å²) in [5, 5.41) is 11.2. The first-order valence-electron chi connectivity index (χ1n) is 11.6. The number of nitrogens with one attached hydrogen (secondary N) is 2. The molecular formula is C25H25N7O4S. The Morgan fingerprint density at radius 1 is 1.16 bits per heavy atom. The minimum absolute atomic E-state index is 0.0289. The van der Waals surface area contributed by atoms with E-state index >= 15 is 0 Å². The van der Waals surface area contributed by atoms with E-state index in [1.807, 2.05) is 28.9 Å². The van der Waals surface area contributed by atoms with E-state index in [0.29, 0.717) is 11.4 Å². The lowest BCUT2D eigenvalue weighted by atomic mass is 9.93. The number of fused-ring (bicyclic) bond motifs is 1. The number of hydrogen-bond acceptors (Lipinski definition) is 7. The summed E-state index contributed by atoms with van der Waals surface area (Å²) in [5.74, 6) is -1.27. The van der Waals surface area contributed by atoms with Crippen LogP contribution in [0.2, 0.25) is 0 Å². The van der Waals surface area contributed by atoms with Crippen molar-refractivity contribution < 1.29 is 18.0 Å². The van der Waals surface area contributed by atoms with Crippen molar-refractivity contribution in [1.29, 1.82) is 0 Å². The second kappa shape index (κ2) is 9.62. The van der Waals surface area contributed by atoms with Crippen molar-refractivity contribution in [3.05, 3.63) is 83.6 Å². The van der Waals surface area contributed by atoms with E-state index in [4.69, 9.17) is 0 Å². The predicted octanol–water partition coefficient (Wildman–Crippen LogP) is 1.83. The number of hydrazone groups is 1. The van der Waals surface area contributed by atoms with Crippen LogP contribution in [0.4, 0.5) is 0 Å². The number of aryl methyl sites for hydroxylation is 1. The molecule has 2 amide bonds. The largest absolute Gasteiger partial charge is 0.348 e. The summed E-state index contributed by atoms with van der Waals surface area (Å²) in [4.78, 5) is 29.1. The number of carbonyl (C=O) groups is 2. The van der Waals surface area contributed by atoms with Crippen LogP contribution in [0, 0.1) is 5.92 Å². The summed E-state index contributed by atoms with van der Waals surface area (Å²) in [7, 11) is -2.13. The highest BCUT2D eigenvalue weighted by Gasteiger charge is 2.29. The molecule has 190 valence electrons. The quantitative estimate of drug-likeness (QED) is 0.382. The van der Waals surface area contributed by atoms with Gasteiger partial charge in [0.15, 0.2) is 9.84 Å². The predicted molar refractivity (Wildman–Crippen MR) is 135 cm³/mol. The van der Waals surface area contributed by atoms with Gasteiger partial charge < -0.3 is 9.72 Å². The molecule has 1 aromatic carbocycles. The molecular weight excluding hydrogens is 494 g/mol. The molecule has 1 aliphatic rings. The van der Waals surface area contributed by atoms with Crippen molar-refractivity contribution in [2.75, 3.05) is 0 Å². The highest BCUT2D eigenvalue weighted by molar-refractivity contribution is 7.90. The Labute approximate surface area is 213 Å². The van der Waals surface area contributed by atoms with Crippen molar-refractivity contribution >= 4 is 33.0 Å². The third kappa shape index (κ3) is 5.14. The summed E-state index contributed by atoms with van der Waals surface area (Å²) in [5.41, 5.74) is 5.43. The Balaban J connectivity index is 1.46. The van der Waals surface area contributed by atoms with Crippen LogP contribution < -0.4 is 10.7 Å². The van der Waals surface area contributed by atoms with Gasteiger partial charge in [-0.05, 0) is 42.0 Å². The monoisotopic (exact) mass is 519 g/mol. The van der Waals surface area contributed by atoms with Gasteiger partial charge in [0, 0.05) is 61.8 Å². The van der Waals surface area contributed by atoms with E-state index in [1.165, 1.54) is 22.9 Å². The third-order valence-electron chi connectivity index (χ3n) is 6.13. The van der Waals surface area contributed by atoms with Crippen LogP contribution in [0.3, 0.4) is 0 Å². The smallest absolute Gasteiger partial charge is 0.251 e. The molecule has 1 aliphatic heterocycles. The molecule has 2 N–H and O–H groups in total. The van der Waals surface area contributed by atoms with Crippen molar-refractivity contribution in [1.82, 2.24) is 29.9 Å². The fourth-order valence-electron chi connectivity index (χ4n) is 4.28. The lowest BCUT2D eigenvalue weighted by Crippen LogP contribution is -2.33. The van der Waals surface area contributed by atoms with E-state index in [9.17, 15) is 18.0 Å². The molecule has 37 heavy (non-hydrogen) atoms. The molecule has 4 aromatic rings. The van der Waals surface area contributed by atoms with Crippen LogP contribution in [0.15, 0.2) is 71.2 Å². The summed E-state index contributed by atoms with van der Waals surface area (Å²) in [6, 6.07) is 9.82. The lowest BCUT2D eigenvalue weighted by molar-refractivity contribution is -0.121. The van der Waals surface area contributed by atoms with Crippen LogP contribution >= 0.6 is 0 Å². The first-order chi connectivity index (χ1) is 17.7. The summed E-state index contributed by atoms with van der Waals surface area (Å²) in [6.45, 7) is 2.07. The Morgan fingerprint density at radius 2 is 2.00 bits per heavy atom.